The van der Waals surface area contributed by atoms with Gasteiger partial charge in [0.15, 0.2) is 0 Å². The summed E-state index contributed by atoms with van der Waals surface area (Å²) in [6, 6.07) is 10.4. The SMILES string of the molecule is CN(C=O)CN1CCCC(OCc2cc(C(F)(F)F)cc(C(F)(F)F)c2)C1c1ccccc1. The summed E-state index contributed by atoms with van der Waals surface area (Å²) in [6.07, 6.45) is -8.34. The Labute approximate surface area is 187 Å². The molecule has 0 bridgehead atoms. The van der Waals surface area contributed by atoms with Crippen molar-refractivity contribution in [3.05, 3.63) is 70.8 Å². The molecule has 0 radical (unpaired) electrons. The topological polar surface area (TPSA) is 32.8 Å². The van der Waals surface area contributed by atoms with E-state index in [1.54, 1.807) is 7.05 Å². The number of amides is 1. The van der Waals surface area contributed by atoms with E-state index in [1.807, 2.05) is 35.2 Å². The van der Waals surface area contributed by atoms with Crippen LogP contribution in [0.1, 0.15) is 41.1 Å². The minimum atomic E-state index is -4.91. The van der Waals surface area contributed by atoms with Crippen LogP contribution in [-0.2, 0) is 28.5 Å². The Kier molecular flexibility index (Phi) is 7.69. The summed E-state index contributed by atoms with van der Waals surface area (Å²) in [5, 5.41) is 0. The molecule has 33 heavy (non-hydrogen) atoms. The third kappa shape index (κ3) is 6.48. The summed E-state index contributed by atoms with van der Waals surface area (Å²) in [6.45, 7) is 0.572. The summed E-state index contributed by atoms with van der Waals surface area (Å²) in [7, 11) is 1.63. The molecule has 4 nitrogen and oxygen atoms in total. The number of hydrogen-bond acceptors (Lipinski definition) is 3. The second-order valence-electron chi connectivity index (χ2n) is 8.08. The van der Waals surface area contributed by atoms with Crippen molar-refractivity contribution >= 4 is 6.41 Å². The predicted octanol–water partition coefficient (Wildman–Crippen LogP) is 5.49. The fourth-order valence-electron chi connectivity index (χ4n) is 4.06. The average molecular weight is 474 g/mol. The Morgan fingerprint density at radius 3 is 2.18 bits per heavy atom. The number of ether oxygens (including phenoxy) is 1. The van der Waals surface area contributed by atoms with Gasteiger partial charge in [0.25, 0.3) is 0 Å². The number of alkyl halides is 6. The number of nitrogens with zero attached hydrogens (tertiary/aromatic N) is 2. The summed E-state index contributed by atoms with van der Waals surface area (Å²) in [5.74, 6) is 0. The number of halogens is 6. The maximum Gasteiger partial charge on any atom is 0.416 e. The lowest BCUT2D eigenvalue weighted by Gasteiger charge is -2.42. The van der Waals surface area contributed by atoms with Gasteiger partial charge in [-0.05, 0) is 42.2 Å². The number of hydrogen-bond donors (Lipinski definition) is 0. The van der Waals surface area contributed by atoms with E-state index < -0.39 is 36.2 Å². The molecular weight excluding hydrogens is 450 g/mol. The molecule has 1 aliphatic heterocycles. The molecule has 1 heterocycles. The lowest BCUT2D eigenvalue weighted by molar-refractivity contribution is -0.143. The highest BCUT2D eigenvalue weighted by Crippen LogP contribution is 2.38. The molecular formula is C23H24F6N2O2. The van der Waals surface area contributed by atoms with Gasteiger partial charge in [0.1, 0.15) is 0 Å². The highest BCUT2D eigenvalue weighted by Gasteiger charge is 2.38. The van der Waals surface area contributed by atoms with Crippen LogP contribution in [0.4, 0.5) is 26.3 Å². The monoisotopic (exact) mass is 474 g/mol. The highest BCUT2D eigenvalue weighted by molar-refractivity contribution is 5.46. The number of likely N-dealkylation sites (tertiary alicyclic amines) is 1. The maximum absolute atomic E-state index is 13.2. The molecule has 0 aliphatic carbocycles. The molecule has 1 aliphatic rings. The number of piperidine rings is 1. The Balaban J connectivity index is 1.87. The van der Waals surface area contributed by atoms with Crippen LogP contribution in [0, 0.1) is 0 Å². The summed E-state index contributed by atoms with van der Waals surface area (Å²) in [5.41, 5.74) is -2.05. The number of carbonyl (C=O) groups excluding carboxylic acids is 1. The van der Waals surface area contributed by atoms with E-state index in [0.29, 0.717) is 44.6 Å². The molecule has 3 rings (SSSR count). The number of benzene rings is 2. The van der Waals surface area contributed by atoms with Gasteiger partial charge in [0.2, 0.25) is 6.41 Å². The van der Waals surface area contributed by atoms with Crippen molar-refractivity contribution in [3.63, 3.8) is 0 Å². The van der Waals surface area contributed by atoms with Crippen LogP contribution in [0.15, 0.2) is 48.5 Å². The van der Waals surface area contributed by atoms with E-state index >= 15 is 0 Å². The van der Waals surface area contributed by atoms with Gasteiger partial charge in [-0.1, -0.05) is 30.3 Å². The molecule has 0 N–H and O–H groups in total. The lowest BCUT2D eigenvalue weighted by atomic mass is 9.92. The first-order chi connectivity index (χ1) is 15.5. The van der Waals surface area contributed by atoms with E-state index in [1.165, 1.54) is 4.90 Å². The molecule has 2 aromatic rings. The molecule has 2 atom stereocenters. The van der Waals surface area contributed by atoms with Crippen molar-refractivity contribution in [1.82, 2.24) is 9.80 Å². The van der Waals surface area contributed by atoms with E-state index in [9.17, 15) is 31.1 Å². The second-order valence-corrected chi connectivity index (χ2v) is 8.08. The number of carbonyl (C=O) groups is 1. The van der Waals surface area contributed by atoms with Gasteiger partial charge in [0, 0.05) is 13.6 Å². The van der Waals surface area contributed by atoms with Crippen molar-refractivity contribution in [3.8, 4) is 0 Å². The van der Waals surface area contributed by atoms with Crippen molar-refractivity contribution in [2.45, 2.75) is 43.9 Å². The molecule has 10 heteroatoms. The van der Waals surface area contributed by atoms with Crippen LogP contribution >= 0.6 is 0 Å². The summed E-state index contributed by atoms with van der Waals surface area (Å²) < 4.78 is 85.0. The number of rotatable bonds is 7. The third-order valence-electron chi connectivity index (χ3n) is 5.52. The second kappa shape index (κ2) is 10.1. The minimum Gasteiger partial charge on any atom is -0.372 e. The van der Waals surface area contributed by atoms with E-state index in [4.69, 9.17) is 4.74 Å². The van der Waals surface area contributed by atoms with Crippen LogP contribution in [0.3, 0.4) is 0 Å². The first kappa shape index (κ1) is 25.0. The molecule has 1 fully saturated rings. The maximum atomic E-state index is 13.2. The summed E-state index contributed by atoms with van der Waals surface area (Å²) in [4.78, 5) is 14.6. The summed E-state index contributed by atoms with van der Waals surface area (Å²) >= 11 is 0. The zero-order chi connectivity index (χ0) is 24.2. The molecule has 1 saturated heterocycles. The van der Waals surface area contributed by atoms with Gasteiger partial charge in [-0.25, -0.2) is 0 Å². The van der Waals surface area contributed by atoms with E-state index in [0.717, 1.165) is 5.56 Å². The Morgan fingerprint density at radius 1 is 1.03 bits per heavy atom. The van der Waals surface area contributed by atoms with Crippen molar-refractivity contribution in [2.75, 3.05) is 20.3 Å². The molecule has 180 valence electrons. The zero-order valence-corrected chi connectivity index (χ0v) is 17.9. The fourth-order valence-corrected chi connectivity index (χ4v) is 4.06. The van der Waals surface area contributed by atoms with Crippen LogP contribution < -0.4 is 0 Å². The van der Waals surface area contributed by atoms with E-state index in [2.05, 4.69) is 0 Å². The Hall–Kier alpha value is -2.59. The molecule has 0 aromatic heterocycles. The van der Waals surface area contributed by atoms with Crippen LogP contribution in [0.25, 0.3) is 0 Å². The smallest absolute Gasteiger partial charge is 0.372 e. The third-order valence-corrected chi connectivity index (χ3v) is 5.52. The van der Waals surface area contributed by atoms with Crippen LogP contribution in [0.5, 0.6) is 0 Å². The van der Waals surface area contributed by atoms with Crippen molar-refractivity contribution < 1.29 is 35.9 Å². The fraction of sp³-hybridized carbons (Fsp3) is 0.435. The van der Waals surface area contributed by atoms with Gasteiger partial charge < -0.3 is 9.64 Å². The van der Waals surface area contributed by atoms with Crippen molar-refractivity contribution in [2.24, 2.45) is 0 Å². The first-order valence-corrected chi connectivity index (χ1v) is 10.3. The molecule has 1 amide bonds. The quantitative estimate of drug-likeness (QED) is 0.393. The minimum absolute atomic E-state index is 0.105. The Morgan fingerprint density at radius 2 is 1.64 bits per heavy atom. The Bertz CT molecular complexity index is 901. The van der Waals surface area contributed by atoms with Crippen molar-refractivity contribution in [1.29, 1.82) is 0 Å². The standard InChI is InChI=1S/C23H24F6N2O2/c1-30(15-32)14-31-9-5-8-20(21(31)17-6-3-2-4-7-17)33-13-16-10-18(22(24,25)26)12-19(11-16)23(27,28)29/h2-4,6-7,10-12,15,20-21H,5,8-9,13-14H2,1H3. The lowest BCUT2D eigenvalue weighted by Crippen LogP contribution is -2.47. The largest absolute Gasteiger partial charge is 0.416 e. The van der Waals surface area contributed by atoms with Gasteiger partial charge in [-0.2, -0.15) is 26.3 Å². The van der Waals surface area contributed by atoms with Gasteiger partial charge in [-0.15, -0.1) is 0 Å². The molecule has 0 saturated carbocycles. The van der Waals surface area contributed by atoms with Gasteiger partial charge in [-0.3, -0.25) is 9.69 Å². The van der Waals surface area contributed by atoms with E-state index in [-0.39, 0.29) is 17.7 Å². The normalized spacial score (nSPS) is 20.0. The predicted molar refractivity (Wildman–Crippen MR) is 109 cm³/mol. The molecule has 0 spiro atoms. The van der Waals surface area contributed by atoms with Crippen LogP contribution in [0.2, 0.25) is 0 Å². The molecule has 2 unspecified atom stereocenters. The van der Waals surface area contributed by atoms with Gasteiger partial charge in [0.05, 0.1) is 36.5 Å². The van der Waals surface area contributed by atoms with Crippen LogP contribution in [-0.4, -0.2) is 42.6 Å². The average Bonchev–Trinajstić information content (AvgIpc) is 2.77. The molecule has 2 aromatic carbocycles. The zero-order valence-electron chi connectivity index (χ0n) is 17.9. The van der Waals surface area contributed by atoms with Gasteiger partial charge >= 0.3 is 12.4 Å². The highest BCUT2D eigenvalue weighted by atomic mass is 19.4. The first-order valence-electron chi connectivity index (χ1n) is 10.3.